The van der Waals surface area contributed by atoms with E-state index in [9.17, 15) is 13.2 Å². The van der Waals surface area contributed by atoms with Gasteiger partial charge in [-0.05, 0) is 81.4 Å². The van der Waals surface area contributed by atoms with E-state index < -0.39 is 9.84 Å². The highest BCUT2D eigenvalue weighted by Crippen LogP contribution is 2.32. The van der Waals surface area contributed by atoms with Crippen molar-refractivity contribution in [2.24, 2.45) is 23.7 Å². The molecule has 1 aliphatic carbocycles. The second kappa shape index (κ2) is 9.84. The predicted molar refractivity (Wildman–Crippen MR) is 125 cm³/mol. The first-order valence-electron chi connectivity index (χ1n) is 11.7. The zero-order valence-electron chi connectivity index (χ0n) is 19.1. The Morgan fingerprint density at radius 1 is 1.00 bits per heavy atom. The normalized spacial score (nSPS) is 28.0. The third-order valence-electron chi connectivity index (χ3n) is 7.04. The van der Waals surface area contributed by atoms with Gasteiger partial charge in [0, 0.05) is 31.1 Å². The lowest BCUT2D eigenvalue weighted by Crippen LogP contribution is -2.38. The Bertz CT molecular complexity index is 797. The van der Waals surface area contributed by atoms with Crippen LogP contribution in [0.3, 0.4) is 0 Å². The average Bonchev–Trinajstić information content (AvgIpc) is 2.68. The summed E-state index contributed by atoms with van der Waals surface area (Å²) in [7, 11) is -2.99. The second-order valence-corrected chi connectivity index (χ2v) is 12.9. The van der Waals surface area contributed by atoms with Crippen LogP contribution < -0.4 is 4.90 Å². The third kappa shape index (κ3) is 6.09. The first kappa shape index (κ1) is 23.3. The van der Waals surface area contributed by atoms with E-state index in [1.54, 1.807) is 13.8 Å². The Morgan fingerprint density at radius 2 is 1.57 bits per heavy atom. The topological polar surface area (TPSA) is 54.5 Å². The molecule has 0 N–H and O–H groups in total. The molecule has 5 heteroatoms. The molecule has 0 unspecified atom stereocenters. The number of rotatable bonds is 7. The van der Waals surface area contributed by atoms with E-state index in [0.717, 1.165) is 56.2 Å². The van der Waals surface area contributed by atoms with E-state index in [4.69, 9.17) is 0 Å². The van der Waals surface area contributed by atoms with Gasteiger partial charge in [-0.2, -0.15) is 0 Å². The minimum absolute atomic E-state index is 0.0893. The van der Waals surface area contributed by atoms with Crippen LogP contribution in [0.5, 0.6) is 0 Å². The number of benzene rings is 1. The van der Waals surface area contributed by atoms with Gasteiger partial charge in [0.2, 0.25) is 0 Å². The molecular weight excluding hydrogens is 394 g/mol. The maximum absolute atomic E-state index is 12.8. The van der Waals surface area contributed by atoms with Gasteiger partial charge in [0.15, 0.2) is 9.84 Å². The average molecular weight is 434 g/mol. The molecule has 4 nitrogen and oxygen atoms in total. The van der Waals surface area contributed by atoms with E-state index in [1.807, 2.05) is 0 Å². The number of carbonyl (C=O) groups is 1. The van der Waals surface area contributed by atoms with E-state index in [1.165, 1.54) is 12.1 Å². The molecule has 0 radical (unpaired) electrons. The Balaban J connectivity index is 1.50. The minimum Gasteiger partial charge on any atom is -0.371 e. The molecule has 1 aromatic rings. The van der Waals surface area contributed by atoms with E-state index >= 15 is 0 Å². The smallest absolute Gasteiger partial charge is 0.152 e. The van der Waals surface area contributed by atoms with Crippen LogP contribution in [0.15, 0.2) is 24.3 Å². The molecule has 2 atom stereocenters. The molecule has 1 saturated heterocycles. The molecule has 0 spiro atoms. The van der Waals surface area contributed by atoms with Gasteiger partial charge < -0.3 is 4.90 Å². The second-order valence-electron chi connectivity index (χ2n) is 10.3. The minimum atomic E-state index is -2.99. The van der Waals surface area contributed by atoms with Crippen molar-refractivity contribution in [1.29, 1.82) is 0 Å². The Labute approximate surface area is 183 Å². The molecule has 1 aliphatic heterocycles. The van der Waals surface area contributed by atoms with Gasteiger partial charge in [0.1, 0.15) is 5.78 Å². The van der Waals surface area contributed by atoms with Crippen LogP contribution in [0.2, 0.25) is 0 Å². The number of anilines is 1. The summed E-state index contributed by atoms with van der Waals surface area (Å²) in [6.07, 6.45) is 5.16. The highest BCUT2D eigenvalue weighted by Gasteiger charge is 2.30. The molecule has 1 saturated carbocycles. The highest BCUT2D eigenvalue weighted by molar-refractivity contribution is 7.91. The maximum Gasteiger partial charge on any atom is 0.152 e. The van der Waals surface area contributed by atoms with Gasteiger partial charge in [0.05, 0.1) is 11.0 Å². The van der Waals surface area contributed by atoms with Crippen molar-refractivity contribution in [3.63, 3.8) is 0 Å². The Kier molecular flexibility index (Phi) is 7.65. The summed E-state index contributed by atoms with van der Waals surface area (Å²) in [6.45, 7) is 10.4. The van der Waals surface area contributed by atoms with Crippen molar-refractivity contribution < 1.29 is 13.2 Å². The van der Waals surface area contributed by atoms with Crippen LogP contribution in [0.25, 0.3) is 0 Å². The van der Waals surface area contributed by atoms with Gasteiger partial charge in [0.25, 0.3) is 0 Å². The molecule has 3 rings (SSSR count). The number of carbonyl (C=O) groups excluding carboxylic acids is 1. The van der Waals surface area contributed by atoms with E-state index in [0.29, 0.717) is 12.2 Å². The summed E-state index contributed by atoms with van der Waals surface area (Å²) < 4.78 is 24.3. The summed E-state index contributed by atoms with van der Waals surface area (Å²) in [5.74, 6) is 2.34. The third-order valence-corrected chi connectivity index (χ3v) is 9.41. The molecule has 0 amide bonds. The molecule has 0 aromatic heterocycles. The van der Waals surface area contributed by atoms with Crippen molar-refractivity contribution in [2.75, 3.05) is 23.7 Å². The fourth-order valence-electron chi connectivity index (χ4n) is 5.22. The van der Waals surface area contributed by atoms with Gasteiger partial charge in [-0.3, -0.25) is 4.79 Å². The monoisotopic (exact) mass is 433 g/mol. The van der Waals surface area contributed by atoms with Gasteiger partial charge >= 0.3 is 0 Å². The Hall–Kier alpha value is -1.36. The highest BCUT2D eigenvalue weighted by atomic mass is 32.2. The molecule has 168 valence electrons. The Morgan fingerprint density at radius 3 is 2.10 bits per heavy atom. The summed E-state index contributed by atoms with van der Waals surface area (Å²) in [4.78, 5) is 15.3. The maximum atomic E-state index is 12.8. The van der Waals surface area contributed by atoms with Crippen molar-refractivity contribution in [3.05, 3.63) is 29.8 Å². The number of hydrogen-bond acceptors (Lipinski definition) is 4. The summed E-state index contributed by atoms with van der Waals surface area (Å²) >= 11 is 0. The molecule has 2 aliphatic rings. The molecule has 1 heterocycles. The number of nitrogens with zero attached hydrogens (tertiary/aromatic N) is 1. The van der Waals surface area contributed by atoms with Crippen molar-refractivity contribution in [1.82, 2.24) is 0 Å². The quantitative estimate of drug-likeness (QED) is 0.613. The van der Waals surface area contributed by atoms with Gasteiger partial charge in [-0.15, -0.1) is 0 Å². The van der Waals surface area contributed by atoms with E-state index in [2.05, 4.69) is 43.0 Å². The summed E-state index contributed by atoms with van der Waals surface area (Å²) in [5.41, 5.74) is 2.35. The number of hydrogen-bond donors (Lipinski definition) is 0. The van der Waals surface area contributed by atoms with Crippen LogP contribution in [0, 0.1) is 23.7 Å². The zero-order valence-corrected chi connectivity index (χ0v) is 20.0. The van der Waals surface area contributed by atoms with E-state index in [-0.39, 0.29) is 22.8 Å². The molecule has 30 heavy (non-hydrogen) atoms. The summed E-state index contributed by atoms with van der Waals surface area (Å²) in [6, 6.07) is 8.55. The lowest BCUT2D eigenvalue weighted by molar-refractivity contribution is -0.123. The lowest BCUT2D eigenvalue weighted by Gasteiger charge is -2.36. The molecule has 1 aromatic carbocycles. The number of Topliss-reactive ketones (excluding diaryl/α,β-unsaturated/α-hetero) is 1. The zero-order chi connectivity index (χ0) is 21.9. The van der Waals surface area contributed by atoms with Crippen LogP contribution in [0.1, 0.15) is 65.4 Å². The van der Waals surface area contributed by atoms with Gasteiger partial charge in [-0.25, -0.2) is 8.42 Å². The van der Waals surface area contributed by atoms with Crippen LogP contribution >= 0.6 is 0 Å². The first-order valence-corrected chi connectivity index (χ1v) is 13.4. The molecule has 2 fully saturated rings. The van der Waals surface area contributed by atoms with Crippen molar-refractivity contribution >= 4 is 21.3 Å². The predicted octanol–water partition coefficient (Wildman–Crippen LogP) is 4.91. The fourth-order valence-corrected chi connectivity index (χ4v) is 6.59. The van der Waals surface area contributed by atoms with Crippen LogP contribution in [0.4, 0.5) is 5.69 Å². The lowest BCUT2D eigenvalue weighted by atomic mass is 9.79. The summed E-state index contributed by atoms with van der Waals surface area (Å²) in [5, 5.41) is -0.309. The standard InChI is InChI=1S/C25H39NO3S/c1-18(2)30(28,29)17-22-5-9-23(10-6-22)25(27)14-21-7-11-24(12-8-21)26-15-19(3)13-20(4)16-26/h7-8,11-12,18-20,22-23H,5-6,9-10,13-17H2,1-4H3/t19-,20-,22?,23?/m1/s1. The van der Waals surface area contributed by atoms with Crippen LogP contribution in [-0.2, 0) is 21.1 Å². The van der Waals surface area contributed by atoms with Crippen LogP contribution in [-0.4, -0.2) is 38.3 Å². The molecule has 0 bridgehead atoms. The molecular formula is C25H39NO3S. The van der Waals surface area contributed by atoms with Gasteiger partial charge in [-0.1, -0.05) is 26.0 Å². The van der Waals surface area contributed by atoms with Crippen molar-refractivity contribution in [2.45, 2.75) is 71.5 Å². The SMILES string of the molecule is CC(C)S(=O)(=O)CC1CCC(C(=O)Cc2ccc(N3C[C@H](C)C[C@@H](C)C3)cc2)CC1. The number of sulfone groups is 1. The van der Waals surface area contributed by atoms with Crippen molar-refractivity contribution in [3.8, 4) is 0 Å². The fraction of sp³-hybridized carbons (Fsp3) is 0.720. The largest absolute Gasteiger partial charge is 0.371 e. The number of piperidine rings is 1. The number of ketones is 1. The first-order chi connectivity index (χ1) is 14.1.